The summed E-state index contributed by atoms with van der Waals surface area (Å²) < 4.78 is 33.1. The van der Waals surface area contributed by atoms with E-state index in [1.54, 1.807) is 0 Å². The second kappa shape index (κ2) is 5.43. The lowest BCUT2D eigenvalue weighted by Gasteiger charge is -2.09. The number of rotatable bonds is 5. The smallest absolute Gasteiger partial charge is 0.407 e. The molecule has 1 atom stereocenters. The number of hydrogen-bond donors (Lipinski definition) is 1. The summed E-state index contributed by atoms with van der Waals surface area (Å²) in [5, 5.41) is 12.9. The largest absolute Gasteiger partial charge is 0.442 e. The first kappa shape index (κ1) is 14.2. The number of ether oxygens (including phenoxy) is 1. The van der Waals surface area contributed by atoms with Crippen molar-refractivity contribution < 1.29 is 27.1 Å². The van der Waals surface area contributed by atoms with E-state index in [2.05, 4.69) is 5.32 Å². The van der Waals surface area contributed by atoms with E-state index in [0.29, 0.717) is 0 Å². The van der Waals surface area contributed by atoms with Crippen LogP contribution in [0.25, 0.3) is 0 Å². The third-order valence-corrected chi connectivity index (χ3v) is 3.75. The molecule has 1 fully saturated rings. The van der Waals surface area contributed by atoms with Gasteiger partial charge in [0, 0.05) is 12.1 Å². The number of alkyl carbamates (subject to hydrolysis) is 1. The Kier molecular flexibility index (Phi) is 3.86. The molecule has 9 nitrogen and oxygen atoms in total. The van der Waals surface area contributed by atoms with E-state index >= 15 is 0 Å². The fourth-order valence-electron chi connectivity index (χ4n) is 1.51. The van der Waals surface area contributed by atoms with Crippen LogP contribution in [0.15, 0.2) is 29.2 Å². The van der Waals surface area contributed by atoms with Gasteiger partial charge in [0.2, 0.25) is 0 Å². The van der Waals surface area contributed by atoms with Gasteiger partial charge in [0.05, 0.1) is 11.5 Å². The molecular weight excluding hydrogens is 292 g/mol. The number of nitrogens with zero attached hydrogens (tertiary/aromatic N) is 1. The molecule has 108 valence electrons. The number of carbonyl (C=O) groups is 1. The number of amides is 1. The second-order valence-corrected chi connectivity index (χ2v) is 5.52. The van der Waals surface area contributed by atoms with E-state index in [-0.39, 0.29) is 23.7 Å². The van der Waals surface area contributed by atoms with E-state index in [0.717, 1.165) is 6.07 Å². The van der Waals surface area contributed by atoms with Gasteiger partial charge in [0.1, 0.15) is 17.6 Å². The highest BCUT2D eigenvalue weighted by molar-refractivity contribution is 7.86. The fraction of sp³-hybridized carbons (Fsp3) is 0.300. The summed E-state index contributed by atoms with van der Waals surface area (Å²) in [4.78, 5) is 20.3. The van der Waals surface area contributed by atoms with Gasteiger partial charge < -0.3 is 10.1 Å². The van der Waals surface area contributed by atoms with Crippen LogP contribution in [0.4, 0.5) is 10.5 Å². The summed E-state index contributed by atoms with van der Waals surface area (Å²) in [6.45, 7) is -0.215. The van der Waals surface area contributed by atoms with Crippen molar-refractivity contribution in [3.8, 4) is 0 Å². The third-order valence-electron chi connectivity index (χ3n) is 2.47. The number of non-ortho nitro benzene ring substituents is 1. The summed E-state index contributed by atoms with van der Waals surface area (Å²) >= 11 is 0. The lowest BCUT2D eigenvalue weighted by Crippen LogP contribution is -2.22. The maximum Gasteiger partial charge on any atom is 0.407 e. The van der Waals surface area contributed by atoms with Crippen LogP contribution in [0.3, 0.4) is 0 Å². The number of cyclic esters (lactones) is 1. The minimum atomic E-state index is -4.14. The van der Waals surface area contributed by atoms with Crippen LogP contribution in [0.2, 0.25) is 0 Å². The van der Waals surface area contributed by atoms with Crippen molar-refractivity contribution in [3.63, 3.8) is 0 Å². The van der Waals surface area contributed by atoms with E-state index in [4.69, 9.17) is 8.92 Å². The normalized spacial score (nSPS) is 18.4. The zero-order valence-electron chi connectivity index (χ0n) is 10.0. The van der Waals surface area contributed by atoms with Gasteiger partial charge in [0.15, 0.2) is 0 Å². The Labute approximate surface area is 113 Å². The van der Waals surface area contributed by atoms with Crippen molar-refractivity contribution in [1.82, 2.24) is 5.32 Å². The predicted octanol–water partition coefficient (Wildman–Crippen LogP) is 0.409. The fourth-order valence-corrected chi connectivity index (χ4v) is 2.49. The third kappa shape index (κ3) is 3.22. The van der Waals surface area contributed by atoms with Crippen molar-refractivity contribution in [2.75, 3.05) is 13.2 Å². The molecular formula is C10H10N2O7S. The predicted molar refractivity (Wildman–Crippen MR) is 64.5 cm³/mol. The molecule has 0 saturated carbocycles. The van der Waals surface area contributed by atoms with Gasteiger partial charge in [-0.25, -0.2) is 4.79 Å². The van der Waals surface area contributed by atoms with Crippen LogP contribution >= 0.6 is 0 Å². The maximum atomic E-state index is 11.8. The highest BCUT2D eigenvalue weighted by Gasteiger charge is 2.26. The summed E-state index contributed by atoms with van der Waals surface area (Å²) in [5.41, 5.74) is -0.358. The van der Waals surface area contributed by atoms with Gasteiger partial charge in [0.25, 0.3) is 15.8 Å². The molecule has 0 aliphatic carbocycles. The SMILES string of the molecule is O=C1NC[C@H](COS(=O)(=O)c2cccc([N+](=O)[O-])c2)O1. The first-order valence-corrected chi connectivity index (χ1v) is 6.88. The average Bonchev–Trinajstić information content (AvgIpc) is 2.82. The number of hydrogen-bond acceptors (Lipinski definition) is 7. The Bertz CT molecular complexity index is 643. The van der Waals surface area contributed by atoms with Crippen LogP contribution in [-0.4, -0.2) is 38.7 Å². The van der Waals surface area contributed by atoms with Gasteiger partial charge in [-0.2, -0.15) is 8.42 Å². The van der Waals surface area contributed by atoms with Crippen LogP contribution in [0, 0.1) is 10.1 Å². The Morgan fingerprint density at radius 3 is 2.85 bits per heavy atom. The lowest BCUT2D eigenvalue weighted by molar-refractivity contribution is -0.385. The molecule has 0 radical (unpaired) electrons. The molecule has 1 saturated heterocycles. The van der Waals surface area contributed by atoms with Crippen molar-refractivity contribution in [2.45, 2.75) is 11.0 Å². The molecule has 1 aromatic carbocycles. The second-order valence-electron chi connectivity index (χ2n) is 3.90. The van der Waals surface area contributed by atoms with E-state index in [9.17, 15) is 23.3 Å². The number of carbonyl (C=O) groups excluding carboxylic acids is 1. The minimum Gasteiger partial charge on any atom is -0.442 e. The van der Waals surface area contributed by atoms with Gasteiger partial charge >= 0.3 is 6.09 Å². The summed E-state index contributed by atoms with van der Waals surface area (Å²) in [7, 11) is -4.14. The Balaban J connectivity index is 2.08. The topological polar surface area (TPSA) is 125 Å². The molecule has 1 N–H and O–H groups in total. The molecule has 1 aromatic rings. The van der Waals surface area contributed by atoms with Gasteiger partial charge in [-0.1, -0.05) is 6.07 Å². The van der Waals surface area contributed by atoms with Crippen LogP contribution in [-0.2, 0) is 19.0 Å². The number of nitro groups is 1. The van der Waals surface area contributed by atoms with Crippen molar-refractivity contribution in [2.24, 2.45) is 0 Å². The molecule has 1 aliphatic heterocycles. The quantitative estimate of drug-likeness (QED) is 0.474. The van der Waals surface area contributed by atoms with Crippen LogP contribution in [0.5, 0.6) is 0 Å². The molecule has 1 amide bonds. The molecule has 10 heteroatoms. The Morgan fingerprint density at radius 1 is 1.50 bits per heavy atom. The van der Waals surface area contributed by atoms with Crippen molar-refractivity contribution in [1.29, 1.82) is 0 Å². The number of nitrogens with one attached hydrogen (secondary N) is 1. The molecule has 1 aliphatic rings. The molecule has 2 rings (SSSR count). The summed E-state index contributed by atoms with van der Waals surface area (Å²) in [5.74, 6) is 0. The summed E-state index contributed by atoms with van der Waals surface area (Å²) in [6, 6.07) is 4.49. The molecule has 0 unspecified atom stereocenters. The van der Waals surface area contributed by atoms with E-state index < -0.39 is 27.2 Å². The molecule has 20 heavy (non-hydrogen) atoms. The first-order valence-electron chi connectivity index (χ1n) is 5.47. The Hall–Kier alpha value is -2.20. The highest BCUT2D eigenvalue weighted by atomic mass is 32.2. The molecule has 0 spiro atoms. The van der Waals surface area contributed by atoms with Crippen LogP contribution < -0.4 is 5.32 Å². The zero-order valence-corrected chi connectivity index (χ0v) is 10.8. The van der Waals surface area contributed by atoms with Gasteiger partial charge in [-0.05, 0) is 6.07 Å². The summed E-state index contributed by atoms with van der Waals surface area (Å²) in [6.07, 6.45) is -1.36. The number of nitro benzene ring substituents is 1. The highest BCUT2D eigenvalue weighted by Crippen LogP contribution is 2.19. The van der Waals surface area contributed by atoms with Crippen LogP contribution in [0.1, 0.15) is 0 Å². The Morgan fingerprint density at radius 2 is 2.25 bits per heavy atom. The first-order chi connectivity index (χ1) is 9.38. The van der Waals surface area contributed by atoms with Gasteiger partial charge in [-0.3, -0.25) is 14.3 Å². The van der Waals surface area contributed by atoms with E-state index in [1.807, 2.05) is 0 Å². The molecule has 0 bridgehead atoms. The van der Waals surface area contributed by atoms with Gasteiger partial charge in [-0.15, -0.1) is 0 Å². The molecule has 1 heterocycles. The van der Waals surface area contributed by atoms with E-state index in [1.165, 1.54) is 18.2 Å². The standard InChI is InChI=1S/C10H10N2O7S/c13-10-11-5-8(19-10)6-18-20(16,17)9-3-1-2-7(4-9)12(14)15/h1-4,8H,5-6H2,(H,11,13)/t8-/m1/s1. The minimum absolute atomic E-state index is 0.142. The van der Waals surface area contributed by atoms with Crippen molar-refractivity contribution >= 4 is 21.9 Å². The average molecular weight is 302 g/mol. The number of benzene rings is 1. The maximum absolute atomic E-state index is 11.8. The van der Waals surface area contributed by atoms with Crippen molar-refractivity contribution in [3.05, 3.63) is 34.4 Å². The monoisotopic (exact) mass is 302 g/mol. The lowest BCUT2D eigenvalue weighted by atomic mass is 10.3. The zero-order chi connectivity index (χ0) is 14.8. The molecule has 0 aromatic heterocycles.